The molecule has 0 radical (unpaired) electrons. The third kappa shape index (κ3) is 5.97. The van der Waals surface area contributed by atoms with Gasteiger partial charge < -0.3 is 15.0 Å². The van der Waals surface area contributed by atoms with Crippen LogP contribution in [0.2, 0.25) is 5.02 Å². The van der Waals surface area contributed by atoms with Crippen LogP contribution in [0.5, 0.6) is 5.75 Å². The molecule has 2 aromatic carbocycles. The molecule has 0 aliphatic heterocycles. The van der Waals surface area contributed by atoms with E-state index in [2.05, 4.69) is 21.2 Å². The van der Waals surface area contributed by atoms with E-state index in [1.165, 1.54) is 4.90 Å². The first-order valence-electron chi connectivity index (χ1n) is 8.59. The highest BCUT2D eigenvalue weighted by atomic mass is 79.9. The van der Waals surface area contributed by atoms with Crippen molar-refractivity contribution in [2.75, 3.05) is 13.7 Å². The fraction of sp³-hybridized carbons (Fsp3) is 0.300. The molecule has 1 N–H and O–H groups in total. The molecule has 5 nitrogen and oxygen atoms in total. The van der Waals surface area contributed by atoms with Gasteiger partial charge in [0.2, 0.25) is 5.91 Å². The summed E-state index contributed by atoms with van der Waals surface area (Å²) in [5.74, 6) is 0.0760. The molecule has 0 bridgehead atoms. The fourth-order valence-corrected chi connectivity index (χ4v) is 3.11. The molecule has 0 saturated carbocycles. The average Bonchev–Trinajstić information content (AvgIpc) is 2.68. The summed E-state index contributed by atoms with van der Waals surface area (Å²) in [5, 5.41) is 3.17. The van der Waals surface area contributed by atoms with Gasteiger partial charge in [0.15, 0.2) is 6.61 Å². The summed E-state index contributed by atoms with van der Waals surface area (Å²) >= 11 is 9.61. The molecule has 0 aromatic heterocycles. The highest BCUT2D eigenvalue weighted by molar-refractivity contribution is 9.10. The van der Waals surface area contributed by atoms with Crippen LogP contribution in [-0.2, 0) is 16.1 Å². The van der Waals surface area contributed by atoms with Gasteiger partial charge in [0, 0.05) is 23.1 Å². The Hall–Kier alpha value is -2.05. The van der Waals surface area contributed by atoms with Crippen molar-refractivity contribution in [1.29, 1.82) is 0 Å². The van der Waals surface area contributed by atoms with Gasteiger partial charge in [-0.15, -0.1) is 0 Å². The molecule has 0 fully saturated rings. The quantitative estimate of drug-likeness (QED) is 0.656. The van der Waals surface area contributed by atoms with E-state index < -0.39 is 6.04 Å². The Morgan fingerprint density at radius 2 is 1.85 bits per heavy atom. The first-order valence-corrected chi connectivity index (χ1v) is 9.76. The van der Waals surface area contributed by atoms with Crippen molar-refractivity contribution >= 4 is 39.3 Å². The maximum Gasteiger partial charge on any atom is 0.261 e. The summed E-state index contributed by atoms with van der Waals surface area (Å²) in [5.41, 5.74) is 0.776. The lowest BCUT2D eigenvalue weighted by Crippen LogP contribution is -2.49. The molecule has 2 aromatic rings. The second kappa shape index (κ2) is 10.3. The number of likely N-dealkylation sites (N-methyl/N-ethyl adjacent to an activating group) is 1. The Bertz CT molecular complexity index is 783. The zero-order chi connectivity index (χ0) is 19.8. The van der Waals surface area contributed by atoms with Crippen molar-refractivity contribution in [3.8, 4) is 5.75 Å². The number of carbonyl (C=O) groups is 2. The van der Waals surface area contributed by atoms with Gasteiger partial charge in [-0.2, -0.15) is 0 Å². The summed E-state index contributed by atoms with van der Waals surface area (Å²) in [6, 6.07) is 13.9. The molecule has 2 rings (SSSR count). The number of amides is 2. The van der Waals surface area contributed by atoms with Crippen LogP contribution >= 0.6 is 27.5 Å². The first-order chi connectivity index (χ1) is 13.0. The predicted octanol–water partition coefficient (Wildman–Crippen LogP) is 4.03. The van der Waals surface area contributed by atoms with Crippen LogP contribution in [0.25, 0.3) is 0 Å². The van der Waals surface area contributed by atoms with Crippen molar-refractivity contribution < 1.29 is 14.3 Å². The van der Waals surface area contributed by atoms with Gasteiger partial charge in [0.05, 0.1) is 0 Å². The Kier molecular flexibility index (Phi) is 8.13. The van der Waals surface area contributed by atoms with Gasteiger partial charge in [0.25, 0.3) is 5.91 Å². The molecule has 0 heterocycles. The number of halogens is 2. The van der Waals surface area contributed by atoms with E-state index in [0.29, 0.717) is 17.2 Å². The smallest absolute Gasteiger partial charge is 0.261 e. The van der Waals surface area contributed by atoms with Crippen molar-refractivity contribution in [2.24, 2.45) is 0 Å². The van der Waals surface area contributed by atoms with Gasteiger partial charge >= 0.3 is 0 Å². The second-order valence-electron chi connectivity index (χ2n) is 5.89. The van der Waals surface area contributed by atoms with Crippen LogP contribution in [0, 0.1) is 0 Å². The van der Waals surface area contributed by atoms with Gasteiger partial charge in [-0.3, -0.25) is 9.59 Å². The molecule has 0 saturated heterocycles. The SMILES string of the molecule is CC[C@H](C(=O)NC)N(Cc1ccccc1Cl)C(=O)COc1ccc(Br)cc1. The topological polar surface area (TPSA) is 58.6 Å². The molecule has 2 amide bonds. The van der Waals surface area contributed by atoms with E-state index >= 15 is 0 Å². The average molecular weight is 454 g/mol. The van der Waals surface area contributed by atoms with Crippen molar-refractivity contribution in [2.45, 2.75) is 25.9 Å². The molecule has 7 heteroatoms. The minimum atomic E-state index is -0.604. The number of ether oxygens (including phenoxy) is 1. The van der Waals surface area contributed by atoms with Gasteiger partial charge in [-0.05, 0) is 42.3 Å². The Labute approximate surface area is 172 Å². The monoisotopic (exact) mass is 452 g/mol. The van der Waals surface area contributed by atoms with Gasteiger partial charge in [-0.1, -0.05) is 52.7 Å². The number of carbonyl (C=O) groups excluding carboxylic acids is 2. The second-order valence-corrected chi connectivity index (χ2v) is 7.22. The summed E-state index contributed by atoms with van der Waals surface area (Å²) < 4.78 is 6.53. The van der Waals surface area contributed by atoms with Gasteiger partial charge in [0.1, 0.15) is 11.8 Å². The van der Waals surface area contributed by atoms with E-state index in [4.69, 9.17) is 16.3 Å². The minimum absolute atomic E-state index is 0.167. The molecular weight excluding hydrogens is 432 g/mol. The Morgan fingerprint density at radius 3 is 2.44 bits per heavy atom. The van der Waals surface area contributed by atoms with Crippen molar-refractivity contribution in [3.05, 3.63) is 63.6 Å². The summed E-state index contributed by atoms with van der Waals surface area (Å²) in [6.45, 7) is 1.93. The van der Waals surface area contributed by atoms with Crippen LogP contribution in [0.4, 0.5) is 0 Å². The number of benzene rings is 2. The molecule has 27 heavy (non-hydrogen) atoms. The molecule has 0 spiro atoms. The van der Waals surface area contributed by atoms with Gasteiger partial charge in [-0.25, -0.2) is 0 Å². The lowest BCUT2D eigenvalue weighted by atomic mass is 10.1. The lowest BCUT2D eigenvalue weighted by Gasteiger charge is -2.30. The van der Waals surface area contributed by atoms with Crippen molar-refractivity contribution in [3.63, 3.8) is 0 Å². The summed E-state index contributed by atoms with van der Waals surface area (Å²) in [4.78, 5) is 26.7. The minimum Gasteiger partial charge on any atom is -0.484 e. The molecule has 0 aliphatic carbocycles. The van der Waals surface area contributed by atoms with Crippen molar-refractivity contribution in [1.82, 2.24) is 10.2 Å². The first kappa shape index (κ1) is 21.3. The molecular formula is C20H22BrClN2O3. The third-order valence-electron chi connectivity index (χ3n) is 4.11. The van der Waals surface area contributed by atoms with E-state index in [0.717, 1.165) is 10.0 Å². The van der Waals surface area contributed by atoms with Crippen LogP contribution in [0.3, 0.4) is 0 Å². The van der Waals surface area contributed by atoms with E-state index in [9.17, 15) is 9.59 Å². The highest BCUT2D eigenvalue weighted by Crippen LogP contribution is 2.20. The zero-order valence-electron chi connectivity index (χ0n) is 15.2. The van der Waals surface area contributed by atoms with E-state index in [1.54, 1.807) is 25.2 Å². The Balaban J connectivity index is 2.19. The maximum absolute atomic E-state index is 12.9. The summed E-state index contributed by atoms with van der Waals surface area (Å²) in [7, 11) is 1.56. The molecule has 0 unspecified atom stereocenters. The molecule has 0 aliphatic rings. The normalized spacial score (nSPS) is 11.6. The number of hydrogen-bond acceptors (Lipinski definition) is 3. The van der Waals surface area contributed by atoms with E-state index in [-0.39, 0.29) is 25.0 Å². The van der Waals surface area contributed by atoms with E-state index in [1.807, 2.05) is 37.3 Å². The lowest BCUT2D eigenvalue weighted by molar-refractivity contribution is -0.142. The Morgan fingerprint density at radius 1 is 1.19 bits per heavy atom. The zero-order valence-corrected chi connectivity index (χ0v) is 17.6. The number of rotatable bonds is 8. The number of nitrogens with zero attached hydrogens (tertiary/aromatic N) is 1. The van der Waals surface area contributed by atoms with Crippen LogP contribution in [-0.4, -0.2) is 36.4 Å². The number of hydrogen-bond donors (Lipinski definition) is 1. The van der Waals surface area contributed by atoms with Crippen LogP contribution in [0.15, 0.2) is 53.0 Å². The summed E-state index contributed by atoms with van der Waals surface area (Å²) in [6.07, 6.45) is 0.480. The fourth-order valence-electron chi connectivity index (χ4n) is 2.66. The third-order valence-corrected chi connectivity index (χ3v) is 5.00. The maximum atomic E-state index is 12.9. The predicted molar refractivity (Wildman–Crippen MR) is 110 cm³/mol. The standard InChI is InChI=1S/C20H22BrClN2O3/c1-3-18(20(26)23-2)24(12-14-6-4-5-7-17(14)22)19(25)13-27-16-10-8-15(21)9-11-16/h4-11,18H,3,12-13H2,1-2H3,(H,23,26)/t18-/m1/s1. The van der Waals surface area contributed by atoms with Crippen LogP contribution < -0.4 is 10.1 Å². The number of nitrogens with one attached hydrogen (secondary N) is 1. The molecule has 144 valence electrons. The van der Waals surface area contributed by atoms with Crippen LogP contribution in [0.1, 0.15) is 18.9 Å². The highest BCUT2D eigenvalue weighted by Gasteiger charge is 2.28. The molecule has 1 atom stereocenters. The largest absolute Gasteiger partial charge is 0.484 e.